The average molecular weight is 365 g/mol. The second kappa shape index (κ2) is 7.01. The van der Waals surface area contributed by atoms with Gasteiger partial charge in [0.1, 0.15) is 22.2 Å². The van der Waals surface area contributed by atoms with Crippen molar-refractivity contribution in [3.63, 3.8) is 0 Å². The molecule has 0 amide bonds. The van der Waals surface area contributed by atoms with E-state index in [-0.39, 0.29) is 4.90 Å². The average Bonchev–Trinajstić information content (AvgIpc) is 3.11. The van der Waals surface area contributed by atoms with Crippen molar-refractivity contribution < 1.29 is 22.3 Å². The molecule has 0 unspecified atom stereocenters. The number of ether oxygens (including phenoxy) is 2. The Balaban J connectivity index is 2.06. The van der Waals surface area contributed by atoms with E-state index in [9.17, 15) is 12.8 Å². The van der Waals surface area contributed by atoms with Crippen LogP contribution in [0.15, 0.2) is 47.4 Å². The minimum Gasteiger partial charge on any atom is -0.497 e. The molecule has 2 aromatic carbocycles. The van der Waals surface area contributed by atoms with Crippen LogP contribution in [0, 0.1) is 5.82 Å². The topological polar surface area (TPSA) is 55.8 Å². The lowest BCUT2D eigenvalue weighted by molar-refractivity contribution is 0.360. The zero-order valence-corrected chi connectivity index (χ0v) is 14.9. The van der Waals surface area contributed by atoms with E-state index in [1.54, 1.807) is 25.3 Å². The predicted octanol–water partition coefficient (Wildman–Crippen LogP) is 3.37. The molecule has 1 heterocycles. The molecule has 7 heteroatoms. The van der Waals surface area contributed by atoms with Crippen LogP contribution < -0.4 is 9.47 Å². The maximum absolute atomic E-state index is 14.1. The maximum Gasteiger partial charge on any atom is 0.246 e. The highest BCUT2D eigenvalue weighted by Gasteiger charge is 2.38. The van der Waals surface area contributed by atoms with Crippen molar-refractivity contribution in [3.8, 4) is 11.5 Å². The second-order valence-electron chi connectivity index (χ2n) is 5.81. The minimum atomic E-state index is -3.95. The Morgan fingerprint density at radius 1 is 1.12 bits per heavy atom. The zero-order valence-electron chi connectivity index (χ0n) is 14.1. The number of rotatable bonds is 5. The van der Waals surface area contributed by atoms with Crippen molar-refractivity contribution in [3.05, 3.63) is 53.8 Å². The largest absolute Gasteiger partial charge is 0.497 e. The number of sulfonamides is 1. The van der Waals surface area contributed by atoms with Gasteiger partial charge in [0, 0.05) is 12.1 Å². The third-order valence-corrected chi connectivity index (χ3v) is 6.36. The predicted molar refractivity (Wildman–Crippen MR) is 91.8 cm³/mol. The number of halogens is 1. The van der Waals surface area contributed by atoms with Crippen LogP contribution in [0.1, 0.15) is 24.4 Å². The first-order valence-corrected chi connectivity index (χ1v) is 9.41. The molecule has 3 rings (SSSR count). The van der Waals surface area contributed by atoms with Crippen LogP contribution in [0.5, 0.6) is 11.5 Å². The van der Waals surface area contributed by atoms with Gasteiger partial charge in [-0.05, 0) is 43.2 Å². The van der Waals surface area contributed by atoms with Crippen LogP contribution in [-0.2, 0) is 10.0 Å². The molecule has 1 aliphatic rings. The number of hydrogen-bond donors (Lipinski definition) is 0. The Morgan fingerprint density at radius 2 is 1.88 bits per heavy atom. The van der Waals surface area contributed by atoms with E-state index in [1.807, 2.05) is 0 Å². The summed E-state index contributed by atoms with van der Waals surface area (Å²) in [5, 5.41) is 0. The van der Waals surface area contributed by atoms with Crippen LogP contribution in [0.3, 0.4) is 0 Å². The van der Waals surface area contributed by atoms with Gasteiger partial charge in [0.25, 0.3) is 0 Å². The van der Waals surface area contributed by atoms with Gasteiger partial charge in [0.05, 0.1) is 20.3 Å². The summed E-state index contributed by atoms with van der Waals surface area (Å²) in [6, 6.07) is 10.3. The van der Waals surface area contributed by atoms with E-state index in [0.717, 1.165) is 11.6 Å². The Hall–Kier alpha value is -2.12. The maximum atomic E-state index is 14.1. The zero-order chi connectivity index (χ0) is 18.0. The van der Waals surface area contributed by atoms with Gasteiger partial charge < -0.3 is 9.47 Å². The van der Waals surface area contributed by atoms with Gasteiger partial charge in [-0.2, -0.15) is 4.31 Å². The van der Waals surface area contributed by atoms with Gasteiger partial charge in [-0.15, -0.1) is 0 Å². The lowest BCUT2D eigenvalue weighted by Gasteiger charge is -2.26. The molecular weight excluding hydrogens is 345 g/mol. The van der Waals surface area contributed by atoms with Crippen LogP contribution >= 0.6 is 0 Å². The number of nitrogens with zero attached hydrogens (tertiary/aromatic N) is 1. The highest BCUT2D eigenvalue weighted by atomic mass is 32.2. The first-order chi connectivity index (χ1) is 12.0. The van der Waals surface area contributed by atoms with Gasteiger partial charge in [-0.25, -0.2) is 12.8 Å². The van der Waals surface area contributed by atoms with E-state index in [0.29, 0.717) is 30.9 Å². The van der Waals surface area contributed by atoms with E-state index in [2.05, 4.69) is 0 Å². The molecule has 0 aliphatic carbocycles. The van der Waals surface area contributed by atoms with Crippen LogP contribution in [0.25, 0.3) is 0 Å². The first kappa shape index (κ1) is 17.7. The van der Waals surface area contributed by atoms with Crippen LogP contribution in [0.4, 0.5) is 4.39 Å². The molecule has 0 radical (unpaired) electrons. The highest BCUT2D eigenvalue weighted by Crippen LogP contribution is 2.41. The monoisotopic (exact) mass is 365 g/mol. The molecule has 0 bridgehead atoms. The second-order valence-corrected chi connectivity index (χ2v) is 7.67. The van der Waals surface area contributed by atoms with Crippen molar-refractivity contribution in [2.24, 2.45) is 0 Å². The van der Waals surface area contributed by atoms with Gasteiger partial charge in [-0.3, -0.25) is 0 Å². The van der Waals surface area contributed by atoms with E-state index < -0.39 is 21.9 Å². The molecule has 0 N–H and O–H groups in total. The molecule has 1 saturated heterocycles. The number of hydrogen-bond acceptors (Lipinski definition) is 4. The van der Waals surface area contributed by atoms with E-state index >= 15 is 0 Å². The van der Waals surface area contributed by atoms with Gasteiger partial charge in [0.2, 0.25) is 10.0 Å². The fourth-order valence-electron chi connectivity index (χ4n) is 3.22. The molecular formula is C18H20FNO4S. The van der Waals surface area contributed by atoms with Gasteiger partial charge >= 0.3 is 0 Å². The summed E-state index contributed by atoms with van der Waals surface area (Å²) in [6.07, 6.45) is 1.33. The molecule has 1 fully saturated rings. The molecule has 1 atom stereocenters. The van der Waals surface area contributed by atoms with Crippen molar-refractivity contribution in [1.82, 2.24) is 4.31 Å². The SMILES string of the molecule is COc1ccc(OC)c([C@@H]2CCCN2S(=O)(=O)c2ccccc2F)c1. The standard InChI is InChI=1S/C18H20FNO4S/c1-23-13-9-10-17(24-2)14(12-13)16-7-5-11-20(16)25(21,22)18-8-4-3-6-15(18)19/h3-4,6,8-10,12,16H,5,7,11H2,1-2H3/t16-/m0/s1. The number of methoxy groups -OCH3 is 2. The van der Waals surface area contributed by atoms with Crippen LogP contribution in [-0.4, -0.2) is 33.5 Å². The normalized spacial score (nSPS) is 18.3. The summed E-state index contributed by atoms with van der Waals surface area (Å²) >= 11 is 0. The molecule has 134 valence electrons. The Morgan fingerprint density at radius 3 is 2.56 bits per heavy atom. The summed E-state index contributed by atoms with van der Waals surface area (Å²) in [5.74, 6) is 0.457. The summed E-state index contributed by atoms with van der Waals surface area (Å²) in [5.41, 5.74) is 0.722. The fourth-order valence-corrected chi connectivity index (χ4v) is 4.96. The van der Waals surface area contributed by atoms with E-state index in [1.165, 1.54) is 29.6 Å². The molecule has 0 saturated carbocycles. The van der Waals surface area contributed by atoms with Gasteiger partial charge in [0.15, 0.2) is 0 Å². The molecule has 25 heavy (non-hydrogen) atoms. The summed E-state index contributed by atoms with van der Waals surface area (Å²) < 4.78 is 52.1. The third-order valence-electron chi connectivity index (χ3n) is 4.42. The lowest BCUT2D eigenvalue weighted by atomic mass is 10.0. The Bertz CT molecular complexity index is 869. The van der Waals surface area contributed by atoms with Crippen LogP contribution in [0.2, 0.25) is 0 Å². The molecule has 0 aromatic heterocycles. The quantitative estimate of drug-likeness (QED) is 0.815. The molecule has 1 aliphatic heterocycles. The third kappa shape index (κ3) is 3.21. The van der Waals surface area contributed by atoms with E-state index in [4.69, 9.17) is 9.47 Å². The van der Waals surface area contributed by atoms with Gasteiger partial charge in [-0.1, -0.05) is 12.1 Å². The lowest BCUT2D eigenvalue weighted by Crippen LogP contribution is -2.31. The Labute approximate surface area is 147 Å². The number of benzene rings is 2. The summed E-state index contributed by atoms with van der Waals surface area (Å²) in [7, 11) is -0.862. The highest BCUT2D eigenvalue weighted by molar-refractivity contribution is 7.89. The minimum absolute atomic E-state index is 0.302. The van der Waals surface area contributed by atoms with Crippen molar-refractivity contribution in [1.29, 1.82) is 0 Å². The fraction of sp³-hybridized carbons (Fsp3) is 0.333. The molecule has 0 spiro atoms. The summed E-state index contributed by atoms with van der Waals surface area (Å²) in [6.45, 7) is 0.335. The smallest absolute Gasteiger partial charge is 0.246 e. The van der Waals surface area contributed by atoms with Crippen molar-refractivity contribution in [2.75, 3.05) is 20.8 Å². The molecule has 5 nitrogen and oxygen atoms in total. The van der Waals surface area contributed by atoms with Crippen molar-refractivity contribution >= 4 is 10.0 Å². The van der Waals surface area contributed by atoms with Crippen molar-refractivity contribution in [2.45, 2.75) is 23.8 Å². The molecule has 2 aromatic rings. The first-order valence-electron chi connectivity index (χ1n) is 7.97. The Kier molecular flexibility index (Phi) is 4.96. The summed E-state index contributed by atoms with van der Waals surface area (Å²) in [4.78, 5) is -0.302.